The number of anilines is 1. The van der Waals surface area contributed by atoms with E-state index in [1.165, 1.54) is 44.5 Å². The molecule has 1 aromatic rings. The quantitative estimate of drug-likeness (QED) is 0.637. The molecule has 1 unspecified atom stereocenters. The summed E-state index contributed by atoms with van der Waals surface area (Å²) in [4.78, 5) is 2.53. The molecule has 0 spiro atoms. The first-order valence-corrected chi connectivity index (χ1v) is 7.82. The van der Waals surface area contributed by atoms with E-state index in [0.29, 0.717) is 0 Å². The molecule has 18 heavy (non-hydrogen) atoms. The van der Waals surface area contributed by atoms with Gasteiger partial charge in [-0.1, -0.05) is 38.5 Å². The molecule has 0 saturated heterocycles. The van der Waals surface area contributed by atoms with E-state index in [-0.39, 0.29) is 0 Å². The molecule has 0 saturated carbocycles. The zero-order chi connectivity index (χ0) is 13.2. The molecule has 0 bridgehead atoms. The summed E-state index contributed by atoms with van der Waals surface area (Å²) in [6.45, 7) is 6.93. The molecule has 1 rings (SSSR count). The standard InChI is InChI=1S/C16H27NS/c1-3-4-12-17(13-10-15(2)11-14-18)16-8-6-5-7-9-16/h5-9,15,18H,3-4,10-14H2,1-2H3. The summed E-state index contributed by atoms with van der Waals surface area (Å²) in [5.41, 5.74) is 1.36. The first-order valence-electron chi connectivity index (χ1n) is 7.18. The second-order valence-corrected chi connectivity index (χ2v) is 5.53. The van der Waals surface area contributed by atoms with Crippen LogP contribution in [0.25, 0.3) is 0 Å². The van der Waals surface area contributed by atoms with E-state index >= 15 is 0 Å². The van der Waals surface area contributed by atoms with Crippen molar-refractivity contribution in [2.24, 2.45) is 5.92 Å². The summed E-state index contributed by atoms with van der Waals surface area (Å²) in [7, 11) is 0. The van der Waals surface area contributed by atoms with E-state index in [9.17, 15) is 0 Å². The van der Waals surface area contributed by atoms with Gasteiger partial charge < -0.3 is 4.90 Å². The fourth-order valence-corrected chi connectivity index (χ4v) is 2.54. The first-order chi connectivity index (χ1) is 8.77. The number of para-hydroxylation sites is 1. The average molecular weight is 265 g/mol. The van der Waals surface area contributed by atoms with Crippen LogP contribution in [0, 0.1) is 5.92 Å². The molecular weight excluding hydrogens is 238 g/mol. The van der Waals surface area contributed by atoms with Crippen molar-refractivity contribution in [1.82, 2.24) is 0 Å². The second kappa shape index (κ2) is 9.32. The van der Waals surface area contributed by atoms with Crippen molar-refractivity contribution in [3.63, 3.8) is 0 Å². The minimum Gasteiger partial charge on any atom is -0.372 e. The van der Waals surface area contributed by atoms with Crippen molar-refractivity contribution in [2.45, 2.75) is 39.5 Å². The Morgan fingerprint density at radius 3 is 2.44 bits per heavy atom. The summed E-state index contributed by atoms with van der Waals surface area (Å²) in [5, 5.41) is 0. The molecule has 102 valence electrons. The Bertz CT molecular complexity index is 299. The van der Waals surface area contributed by atoms with Crippen molar-refractivity contribution >= 4 is 18.3 Å². The molecule has 0 aliphatic carbocycles. The molecule has 0 amide bonds. The Morgan fingerprint density at radius 1 is 1.11 bits per heavy atom. The SMILES string of the molecule is CCCCN(CCC(C)CCS)c1ccccc1. The fraction of sp³-hybridized carbons (Fsp3) is 0.625. The zero-order valence-electron chi connectivity index (χ0n) is 11.8. The van der Waals surface area contributed by atoms with Gasteiger partial charge in [-0.15, -0.1) is 0 Å². The molecule has 0 aromatic heterocycles. The van der Waals surface area contributed by atoms with Gasteiger partial charge in [0.15, 0.2) is 0 Å². The van der Waals surface area contributed by atoms with Gasteiger partial charge in [-0.3, -0.25) is 0 Å². The molecule has 0 aliphatic heterocycles. The highest BCUT2D eigenvalue weighted by atomic mass is 32.1. The van der Waals surface area contributed by atoms with E-state index in [1.54, 1.807) is 0 Å². The normalized spacial score (nSPS) is 12.4. The van der Waals surface area contributed by atoms with Crippen LogP contribution in [0.3, 0.4) is 0 Å². The Labute approximate surface area is 118 Å². The van der Waals surface area contributed by atoms with E-state index in [4.69, 9.17) is 0 Å². The molecule has 0 fully saturated rings. The van der Waals surface area contributed by atoms with Gasteiger partial charge in [0.2, 0.25) is 0 Å². The van der Waals surface area contributed by atoms with E-state index in [2.05, 4.69) is 61.7 Å². The number of unbranched alkanes of at least 4 members (excludes halogenated alkanes) is 1. The topological polar surface area (TPSA) is 3.24 Å². The zero-order valence-corrected chi connectivity index (χ0v) is 12.7. The Morgan fingerprint density at radius 2 is 1.83 bits per heavy atom. The van der Waals surface area contributed by atoms with Crippen LogP contribution in [0.4, 0.5) is 5.69 Å². The predicted molar refractivity (Wildman–Crippen MR) is 85.8 cm³/mol. The van der Waals surface area contributed by atoms with Gasteiger partial charge in [-0.2, -0.15) is 12.6 Å². The Hall–Kier alpha value is -0.630. The van der Waals surface area contributed by atoms with Gasteiger partial charge >= 0.3 is 0 Å². The summed E-state index contributed by atoms with van der Waals surface area (Å²) < 4.78 is 0. The molecule has 1 nitrogen and oxygen atoms in total. The lowest BCUT2D eigenvalue weighted by Crippen LogP contribution is -2.26. The molecule has 1 aromatic carbocycles. The van der Waals surface area contributed by atoms with E-state index in [1.807, 2.05) is 0 Å². The largest absolute Gasteiger partial charge is 0.372 e. The van der Waals surface area contributed by atoms with Gasteiger partial charge in [0.25, 0.3) is 0 Å². The smallest absolute Gasteiger partial charge is 0.0366 e. The highest BCUT2D eigenvalue weighted by Crippen LogP contribution is 2.17. The van der Waals surface area contributed by atoms with Crippen molar-refractivity contribution in [1.29, 1.82) is 0 Å². The van der Waals surface area contributed by atoms with Crippen molar-refractivity contribution in [2.75, 3.05) is 23.7 Å². The lowest BCUT2D eigenvalue weighted by atomic mass is 10.0. The van der Waals surface area contributed by atoms with Gasteiger partial charge in [-0.25, -0.2) is 0 Å². The van der Waals surface area contributed by atoms with Crippen LogP contribution in [-0.4, -0.2) is 18.8 Å². The lowest BCUT2D eigenvalue weighted by Gasteiger charge is -2.26. The van der Waals surface area contributed by atoms with Gasteiger partial charge in [0, 0.05) is 18.8 Å². The minimum absolute atomic E-state index is 0.773. The van der Waals surface area contributed by atoms with Crippen molar-refractivity contribution in [3.8, 4) is 0 Å². The van der Waals surface area contributed by atoms with Crippen LogP contribution in [0.1, 0.15) is 39.5 Å². The molecular formula is C16H27NS. The third-order valence-corrected chi connectivity index (χ3v) is 3.67. The highest BCUT2D eigenvalue weighted by molar-refractivity contribution is 7.80. The molecule has 2 heteroatoms. The van der Waals surface area contributed by atoms with Crippen LogP contribution in [0.2, 0.25) is 0 Å². The van der Waals surface area contributed by atoms with Crippen LogP contribution in [0.15, 0.2) is 30.3 Å². The van der Waals surface area contributed by atoms with Crippen molar-refractivity contribution in [3.05, 3.63) is 30.3 Å². The number of rotatable bonds is 9. The number of benzene rings is 1. The third-order valence-electron chi connectivity index (χ3n) is 3.42. The third kappa shape index (κ3) is 5.81. The maximum Gasteiger partial charge on any atom is 0.0366 e. The van der Waals surface area contributed by atoms with Gasteiger partial charge in [0.1, 0.15) is 0 Å². The molecule has 0 heterocycles. The summed E-state index contributed by atoms with van der Waals surface area (Å²) in [6, 6.07) is 10.8. The maximum atomic E-state index is 4.32. The Balaban J connectivity index is 2.51. The summed E-state index contributed by atoms with van der Waals surface area (Å²) in [5.74, 6) is 1.77. The second-order valence-electron chi connectivity index (χ2n) is 5.08. The van der Waals surface area contributed by atoms with E-state index < -0.39 is 0 Å². The lowest BCUT2D eigenvalue weighted by molar-refractivity contribution is 0.512. The highest BCUT2D eigenvalue weighted by Gasteiger charge is 2.08. The minimum atomic E-state index is 0.773. The summed E-state index contributed by atoms with van der Waals surface area (Å²) >= 11 is 4.32. The molecule has 0 N–H and O–H groups in total. The molecule has 0 radical (unpaired) electrons. The van der Waals surface area contributed by atoms with Crippen LogP contribution >= 0.6 is 12.6 Å². The van der Waals surface area contributed by atoms with Crippen molar-refractivity contribution < 1.29 is 0 Å². The fourth-order valence-electron chi connectivity index (χ4n) is 2.10. The number of thiol groups is 1. The average Bonchev–Trinajstić information content (AvgIpc) is 2.40. The van der Waals surface area contributed by atoms with Crippen LogP contribution < -0.4 is 4.90 Å². The van der Waals surface area contributed by atoms with Gasteiger partial charge in [0.05, 0.1) is 0 Å². The van der Waals surface area contributed by atoms with Crippen LogP contribution in [0.5, 0.6) is 0 Å². The summed E-state index contributed by atoms with van der Waals surface area (Å²) in [6.07, 6.45) is 5.02. The first kappa shape index (κ1) is 15.4. The van der Waals surface area contributed by atoms with E-state index in [0.717, 1.165) is 11.7 Å². The number of hydrogen-bond donors (Lipinski definition) is 1. The maximum absolute atomic E-state index is 4.32. The number of hydrogen-bond acceptors (Lipinski definition) is 2. The number of nitrogens with zero attached hydrogens (tertiary/aromatic N) is 1. The van der Waals surface area contributed by atoms with Gasteiger partial charge in [-0.05, 0) is 43.1 Å². The molecule has 1 atom stereocenters. The predicted octanol–water partition coefficient (Wildman–Crippen LogP) is 4.64. The van der Waals surface area contributed by atoms with Crippen LogP contribution in [-0.2, 0) is 0 Å². The molecule has 0 aliphatic rings. The Kier molecular flexibility index (Phi) is 7.99. The monoisotopic (exact) mass is 265 g/mol.